The summed E-state index contributed by atoms with van der Waals surface area (Å²) in [6.07, 6.45) is 1.82. The van der Waals surface area contributed by atoms with Crippen LogP contribution < -0.4 is 4.74 Å². The molecule has 0 bridgehead atoms. The van der Waals surface area contributed by atoms with Crippen LogP contribution in [0.2, 0.25) is 0 Å². The number of amides is 1. The summed E-state index contributed by atoms with van der Waals surface area (Å²) in [5.41, 5.74) is 0.460. The van der Waals surface area contributed by atoms with E-state index in [0.29, 0.717) is 29.6 Å². The lowest BCUT2D eigenvalue weighted by molar-refractivity contribution is 0.123. The molecule has 1 saturated heterocycles. The third kappa shape index (κ3) is 3.42. The van der Waals surface area contributed by atoms with E-state index in [2.05, 4.69) is 4.98 Å². The van der Waals surface area contributed by atoms with E-state index in [9.17, 15) is 22.7 Å². The number of H-pyrrole nitrogens is 1. The van der Waals surface area contributed by atoms with Gasteiger partial charge < -0.3 is 19.7 Å². The molecule has 0 unspecified atom stereocenters. The van der Waals surface area contributed by atoms with Gasteiger partial charge in [0.1, 0.15) is 23.1 Å². The molecule has 1 fully saturated rings. The second-order valence-corrected chi connectivity index (χ2v) is 8.74. The summed E-state index contributed by atoms with van der Waals surface area (Å²) in [5, 5.41) is 9.62. The molecule has 152 valence electrons. The fourth-order valence-electron chi connectivity index (χ4n) is 3.67. The molecule has 0 aliphatic carbocycles. The molecule has 2 aromatic carbocycles. The summed E-state index contributed by atoms with van der Waals surface area (Å²) >= 11 is 0. The number of fused-ring (bicyclic) bond motifs is 1. The molecule has 0 saturated carbocycles. The predicted molar refractivity (Wildman–Crippen MR) is 103 cm³/mol. The number of halogens is 1. The Bertz CT molecular complexity index is 1170. The van der Waals surface area contributed by atoms with Crippen LogP contribution in [0.4, 0.5) is 9.18 Å². The van der Waals surface area contributed by atoms with Crippen LogP contribution in [0, 0.1) is 5.82 Å². The van der Waals surface area contributed by atoms with Gasteiger partial charge in [0.2, 0.25) is 9.84 Å². The van der Waals surface area contributed by atoms with Gasteiger partial charge in [0.15, 0.2) is 0 Å². The first kappa shape index (κ1) is 19.3. The largest absolute Gasteiger partial charge is 0.489 e. The van der Waals surface area contributed by atoms with Gasteiger partial charge in [-0.25, -0.2) is 17.6 Å². The molecule has 2 heterocycles. The summed E-state index contributed by atoms with van der Waals surface area (Å²) in [5.74, 6) is -0.404. The SMILES string of the molecule is O=C(O)N1CCC[C@H]1COc1cccc2c(S(=O)(=O)c3ccccc3F)c[nH]c12. The van der Waals surface area contributed by atoms with Crippen molar-refractivity contribution in [2.24, 2.45) is 0 Å². The van der Waals surface area contributed by atoms with Crippen molar-refractivity contribution >= 4 is 26.8 Å². The zero-order valence-electron chi connectivity index (χ0n) is 15.3. The Labute approximate surface area is 166 Å². The Balaban J connectivity index is 1.65. The molecule has 4 rings (SSSR count). The molecular formula is C20H19FN2O5S. The predicted octanol–water partition coefficient (Wildman–Crippen LogP) is 3.66. The highest BCUT2D eigenvalue weighted by molar-refractivity contribution is 7.91. The van der Waals surface area contributed by atoms with Crippen molar-refractivity contribution in [3.63, 3.8) is 0 Å². The van der Waals surface area contributed by atoms with E-state index in [0.717, 1.165) is 12.5 Å². The van der Waals surface area contributed by atoms with Gasteiger partial charge in [0.25, 0.3) is 0 Å². The Morgan fingerprint density at radius 2 is 2.00 bits per heavy atom. The highest BCUT2D eigenvalue weighted by Crippen LogP contribution is 2.34. The van der Waals surface area contributed by atoms with Gasteiger partial charge in [0.05, 0.1) is 16.5 Å². The number of hydrogen-bond acceptors (Lipinski definition) is 4. The number of sulfone groups is 1. The summed E-state index contributed by atoms with van der Waals surface area (Å²) < 4.78 is 45.8. The standard InChI is InChI=1S/C20H19FN2O5S/c21-15-7-1-2-9-17(15)29(26,27)18-11-22-19-14(18)6-3-8-16(19)28-12-13-5-4-10-23(13)20(24)25/h1-3,6-9,11,13,22H,4-5,10,12H2,(H,24,25)/t13-/m0/s1. The van der Waals surface area contributed by atoms with Crippen LogP contribution in [-0.2, 0) is 9.84 Å². The first-order valence-electron chi connectivity index (χ1n) is 9.11. The average Bonchev–Trinajstić information content (AvgIpc) is 3.34. The van der Waals surface area contributed by atoms with Crippen molar-refractivity contribution in [1.82, 2.24) is 9.88 Å². The van der Waals surface area contributed by atoms with E-state index in [1.54, 1.807) is 18.2 Å². The van der Waals surface area contributed by atoms with Crippen molar-refractivity contribution in [1.29, 1.82) is 0 Å². The normalized spacial score (nSPS) is 17.0. The third-order valence-corrected chi connectivity index (χ3v) is 6.94. The topological polar surface area (TPSA) is 99.7 Å². The number of aromatic amines is 1. The number of carboxylic acid groups (broad SMARTS) is 1. The maximum atomic E-state index is 14.1. The molecule has 1 atom stereocenters. The number of para-hydroxylation sites is 1. The fraction of sp³-hybridized carbons (Fsp3) is 0.250. The number of nitrogens with zero attached hydrogens (tertiary/aromatic N) is 1. The number of carbonyl (C=O) groups is 1. The van der Waals surface area contributed by atoms with E-state index < -0.39 is 26.6 Å². The van der Waals surface area contributed by atoms with Gasteiger partial charge in [-0.1, -0.05) is 24.3 Å². The minimum Gasteiger partial charge on any atom is -0.489 e. The van der Waals surface area contributed by atoms with Gasteiger partial charge in [-0.2, -0.15) is 0 Å². The highest BCUT2D eigenvalue weighted by atomic mass is 32.2. The van der Waals surface area contributed by atoms with Crippen molar-refractivity contribution in [3.8, 4) is 5.75 Å². The van der Waals surface area contributed by atoms with E-state index in [4.69, 9.17) is 4.74 Å². The Morgan fingerprint density at radius 3 is 2.76 bits per heavy atom. The molecule has 1 amide bonds. The van der Waals surface area contributed by atoms with Gasteiger partial charge >= 0.3 is 6.09 Å². The summed E-state index contributed by atoms with van der Waals surface area (Å²) in [4.78, 5) is 15.1. The van der Waals surface area contributed by atoms with Crippen molar-refractivity contribution in [2.45, 2.75) is 28.7 Å². The van der Waals surface area contributed by atoms with E-state index in [1.807, 2.05) is 0 Å². The zero-order valence-corrected chi connectivity index (χ0v) is 16.2. The van der Waals surface area contributed by atoms with Crippen LogP contribution in [0.25, 0.3) is 10.9 Å². The average molecular weight is 418 g/mol. The maximum absolute atomic E-state index is 14.1. The number of nitrogens with one attached hydrogen (secondary N) is 1. The van der Waals surface area contributed by atoms with Gasteiger partial charge in [-0.3, -0.25) is 0 Å². The summed E-state index contributed by atoms with van der Waals surface area (Å²) in [7, 11) is -4.07. The number of benzene rings is 2. The number of hydrogen-bond donors (Lipinski definition) is 2. The van der Waals surface area contributed by atoms with Crippen LogP contribution >= 0.6 is 0 Å². The molecule has 0 radical (unpaired) electrons. The van der Waals surface area contributed by atoms with Crippen LogP contribution in [0.3, 0.4) is 0 Å². The Kier molecular flexibility index (Phi) is 4.91. The molecule has 2 N–H and O–H groups in total. The first-order chi connectivity index (χ1) is 13.9. The number of likely N-dealkylation sites (tertiary alicyclic amines) is 1. The van der Waals surface area contributed by atoms with E-state index >= 15 is 0 Å². The molecule has 29 heavy (non-hydrogen) atoms. The number of aromatic nitrogens is 1. The highest BCUT2D eigenvalue weighted by Gasteiger charge is 2.29. The van der Waals surface area contributed by atoms with Crippen LogP contribution in [-0.4, -0.2) is 48.7 Å². The Hall–Kier alpha value is -3.07. The molecular weight excluding hydrogens is 399 g/mol. The molecule has 1 aromatic heterocycles. The second kappa shape index (κ2) is 7.40. The van der Waals surface area contributed by atoms with Crippen molar-refractivity contribution < 1.29 is 27.4 Å². The monoisotopic (exact) mass is 418 g/mol. The lowest BCUT2D eigenvalue weighted by atomic mass is 10.2. The lowest BCUT2D eigenvalue weighted by Crippen LogP contribution is -2.38. The quantitative estimate of drug-likeness (QED) is 0.659. The van der Waals surface area contributed by atoms with Gasteiger partial charge in [-0.15, -0.1) is 0 Å². The van der Waals surface area contributed by atoms with Crippen molar-refractivity contribution in [3.05, 3.63) is 54.5 Å². The molecule has 0 spiro atoms. The van der Waals surface area contributed by atoms with E-state index in [1.165, 1.54) is 29.3 Å². The Morgan fingerprint density at radius 1 is 1.21 bits per heavy atom. The second-order valence-electron chi connectivity index (χ2n) is 6.85. The smallest absolute Gasteiger partial charge is 0.407 e. The van der Waals surface area contributed by atoms with Crippen LogP contribution in [0.5, 0.6) is 5.75 Å². The molecule has 7 nitrogen and oxygen atoms in total. The van der Waals surface area contributed by atoms with Crippen LogP contribution in [0.15, 0.2) is 58.5 Å². The number of ether oxygens (including phenoxy) is 1. The lowest BCUT2D eigenvalue weighted by Gasteiger charge is -2.21. The molecule has 9 heteroatoms. The molecule has 1 aliphatic rings. The minimum absolute atomic E-state index is 0.0453. The van der Waals surface area contributed by atoms with Gasteiger partial charge in [-0.05, 0) is 31.0 Å². The maximum Gasteiger partial charge on any atom is 0.407 e. The van der Waals surface area contributed by atoms with Crippen LogP contribution in [0.1, 0.15) is 12.8 Å². The third-order valence-electron chi connectivity index (χ3n) is 5.11. The van der Waals surface area contributed by atoms with Gasteiger partial charge in [0, 0.05) is 18.1 Å². The molecule has 1 aliphatic heterocycles. The molecule has 3 aromatic rings. The first-order valence-corrected chi connectivity index (χ1v) is 10.6. The van der Waals surface area contributed by atoms with E-state index in [-0.39, 0.29) is 17.5 Å². The number of rotatable bonds is 5. The van der Waals surface area contributed by atoms with Crippen molar-refractivity contribution in [2.75, 3.05) is 13.2 Å². The fourth-order valence-corrected chi connectivity index (χ4v) is 5.16. The minimum atomic E-state index is -4.07. The summed E-state index contributed by atoms with van der Waals surface area (Å²) in [6.45, 7) is 0.640. The zero-order chi connectivity index (χ0) is 20.6. The summed E-state index contributed by atoms with van der Waals surface area (Å²) in [6, 6.07) is 9.92.